The molecule has 3 aromatic heterocycles. The number of aromatic nitrogens is 2. The average Bonchev–Trinajstić information content (AvgIpc) is 4.01. The van der Waals surface area contributed by atoms with Crippen LogP contribution in [0.4, 0.5) is 0 Å². The number of hydrogen-bond donors (Lipinski definition) is 0. The second-order valence-corrected chi connectivity index (χ2v) is 19.2. The SMILES string of the molecule is CC1(c2ccccc2)c2ccccc2-c2ccc(-c3cc(-c4cc(-c5ccc6sc7ccccc7c6c5)ccc4-c4ccc5sc6ccccc6c5c4)nc(-c4ccccc4)n3)cc21. The van der Waals surface area contributed by atoms with Gasteiger partial charge in [-0.1, -0.05) is 158 Å². The van der Waals surface area contributed by atoms with Crippen LogP contribution >= 0.6 is 22.7 Å². The van der Waals surface area contributed by atoms with Crippen molar-refractivity contribution in [3.63, 3.8) is 0 Å². The van der Waals surface area contributed by atoms with E-state index in [1.54, 1.807) is 0 Å². The largest absolute Gasteiger partial charge is 0.228 e. The van der Waals surface area contributed by atoms with E-state index in [9.17, 15) is 0 Å². The lowest BCUT2D eigenvalue weighted by atomic mass is 9.74. The lowest BCUT2D eigenvalue weighted by Crippen LogP contribution is -2.22. The number of thiophene rings is 2. The first kappa shape index (κ1) is 37.1. The molecule has 300 valence electrons. The highest BCUT2D eigenvalue weighted by Gasteiger charge is 2.40. The van der Waals surface area contributed by atoms with Crippen molar-refractivity contribution < 1.29 is 0 Å². The standard InChI is InChI=1S/C60H38N2S2/c1-60(42-16-6-3-7-17-42)51-21-11-8-18-44(51)45-29-25-41(35-52(45)60)53-36-54(62-59(61-53)37-14-4-2-5-15-37)48-32-38(39-26-30-57-49(33-39)46-19-9-12-22-55(46)63-57)24-28-43(48)40-27-31-58-50(34-40)47-20-10-13-23-56(47)64-58/h2-36H,1H3. The van der Waals surface area contributed by atoms with Crippen molar-refractivity contribution in [3.8, 4) is 67.3 Å². The Morgan fingerprint density at radius 1 is 0.328 bits per heavy atom. The molecule has 1 atom stereocenters. The third-order valence-electron chi connectivity index (χ3n) is 13.4. The van der Waals surface area contributed by atoms with Crippen molar-refractivity contribution in [1.29, 1.82) is 0 Å². The summed E-state index contributed by atoms with van der Waals surface area (Å²) in [6, 6.07) is 77.7. The predicted molar refractivity (Wildman–Crippen MR) is 272 cm³/mol. The maximum absolute atomic E-state index is 5.48. The molecule has 9 aromatic carbocycles. The molecule has 0 fully saturated rings. The van der Waals surface area contributed by atoms with Crippen LogP contribution in [0.1, 0.15) is 23.6 Å². The van der Waals surface area contributed by atoms with Gasteiger partial charge in [-0.25, -0.2) is 9.97 Å². The molecule has 64 heavy (non-hydrogen) atoms. The zero-order chi connectivity index (χ0) is 42.4. The summed E-state index contributed by atoms with van der Waals surface area (Å²) < 4.78 is 5.20. The molecule has 12 aromatic rings. The van der Waals surface area contributed by atoms with E-state index in [0.29, 0.717) is 5.82 Å². The number of rotatable bonds is 6. The Balaban J connectivity index is 1.04. The number of hydrogen-bond acceptors (Lipinski definition) is 4. The molecule has 1 unspecified atom stereocenters. The Bertz CT molecular complexity index is 3810. The molecule has 0 bridgehead atoms. The van der Waals surface area contributed by atoms with Gasteiger partial charge in [-0.3, -0.25) is 0 Å². The summed E-state index contributed by atoms with van der Waals surface area (Å²) >= 11 is 3.70. The summed E-state index contributed by atoms with van der Waals surface area (Å²) in [7, 11) is 0. The lowest BCUT2D eigenvalue weighted by molar-refractivity contribution is 0.714. The molecule has 0 aliphatic heterocycles. The monoisotopic (exact) mass is 850 g/mol. The van der Waals surface area contributed by atoms with Gasteiger partial charge >= 0.3 is 0 Å². The van der Waals surface area contributed by atoms with E-state index >= 15 is 0 Å². The van der Waals surface area contributed by atoms with Crippen LogP contribution in [0.25, 0.3) is 108 Å². The molecule has 0 N–H and O–H groups in total. The zero-order valence-corrected chi connectivity index (χ0v) is 36.6. The highest BCUT2D eigenvalue weighted by Crippen LogP contribution is 2.53. The number of nitrogens with zero attached hydrogens (tertiary/aromatic N) is 2. The zero-order valence-electron chi connectivity index (χ0n) is 34.9. The van der Waals surface area contributed by atoms with Gasteiger partial charge in [0.2, 0.25) is 0 Å². The Hall–Kier alpha value is -7.50. The third-order valence-corrected chi connectivity index (χ3v) is 15.7. The lowest BCUT2D eigenvalue weighted by Gasteiger charge is -2.28. The third kappa shape index (κ3) is 5.84. The van der Waals surface area contributed by atoms with E-state index < -0.39 is 0 Å². The Morgan fingerprint density at radius 2 is 0.859 bits per heavy atom. The van der Waals surface area contributed by atoms with E-state index in [-0.39, 0.29) is 5.41 Å². The Labute approximate surface area is 379 Å². The fourth-order valence-corrected chi connectivity index (χ4v) is 12.3. The van der Waals surface area contributed by atoms with Gasteiger partial charge in [0.1, 0.15) is 0 Å². The summed E-state index contributed by atoms with van der Waals surface area (Å²) in [5.41, 5.74) is 15.6. The van der Waals surface area contributed by atoms with Gasteiger partial charge in [0.15, 0.2) is 5.82 Å². The molecule has 0 radical (unpaired) electrons. The van der Waals surface area contributed by atoms with Gasteiger partial charge in [0.25, 0.3) is 0 Å². The second kappa shape index (κ2) is 14.5. The second-order valence-electron chi connectivity index (χ2n) is 17.0. The van der Waals surface area contributed by atoms with E-state index in [4.69, 9.17) is 9.97 Å². The number of fused-ring (bicyclic) bond motifs is 9. The molecular formula is C60H38N2S2. The summed E-state index contributed by atoms with van der Waals surface area (Å²) in [5, 5.41) is 5.15. The van der Waals surface area contributed by atoms with Crippen molar-refractivity contribution in [2.24, 2.45) is 0 Å². The minimum atomic E-state index is -0.331. The smallest absolute Gasteiger partial charge is 0.160 e. The molecular weight excluding hydrogens is 813 g/mol. The van der Waals surface area contributed by atoms with Crippen molar-refractivity contribution in [3.05, 3.63) is 229 Å². The van der Waals surface area contributed by atoms with E-state index in [0.717, 1.165) is 44.8 Å². The first-order valence-corrected chi connectivity index (χ1v) is 23.4. The van der Waals surface area contributed by atoms with Gasteiger partial charge in [-0.15, -0.1) is 22.7 Å². The first-order chi connectivity index (χ1) is 31.6. The Kier molecular flexibility index (Phi) is 8.42. The highest BCUT2D eigenvalue weighted by molar-refractivity contribution is 7.26. The summed E-state index contributed by atoms with van der Waals surface area (Å²) in [5.74, 6) is 0.699. The van der Waals surface area contributed by atoms with Crippen LogP contribution in [0.2, 0.25) is 0 Å². The average molecular weight is 851 g/mol. The van der Waals surface area contributed by atoms with E-state index in [2.05, 4.69) is 219 Å². The van der Waals surface area contributed by atoms with Crippen LogP contribution in [0, 0.1) is 0 Å². The van der Waals surface area contributed by atoms with Gasteiger partial charge < -0.3 is 0 Å². The predicted octanol–water partition coefficient (Wildman–Crippen LogP) is 16.9. The van der Waals surface area contributed by atoms with Gasteiger partial charge in [0.05, 0.1) is 11.4 Å². The Morgan fingerprint density at radius 3 is 1.61 bits per heavy atom. The molecule has 0 spiro atoms. The maximum atomic E-state index is 5.48. The van der Waals surface area contributed by atoms with Gasteiger partial charge in [-0.05, 0) is 112 Å². The van der Waals surface area contributed by atoms with Gasteiger partial charge in [0, 0.05) is 62.4 Å². The van der Waals surface area contributed by atoms with Crippen LogP contribution in [0.15, 0.2) is 212 Å². The molecule has 0 saturated heterocycles. The minimum absolute atomic E-state index is 0.331. The molecule has 3 heterocycles. The molecule has 0 saturated carbocycles. The fourth-order valence-electron chi connectivity index (χ4n) is 10.2. The molecule has 4 heteroatoms. The van der Waals surface area contributed by atoms with Crippen molar-refractivity contribution in [2.45, 2.75) is 12.3 Å². The normalized spacial score (nSPS) is 14.4. The van der Waals surface area contributed by atoms with E-state index in [1.165, 1.54) is 73.7 Å². The van der Waals surface area contributed by atoms with Crippen molar-refractivity contribution in [1.82, 2.24) is 9.97 Å². The van der Waals surface area contributed by atoms with Crippen LogP contribution in [0.3, 0.4) is 0 Å². The summed E-state index contributed by atoms with van der Waals surface area (Å²) in [6.07, 6.45) is 0. The van der Waals surface area contributed by atoms with Crippen LogP contribution in [0.5, 0.6) is 0 Å². The van der Waals surface area contributed by atoms with E-state index in [1.807, 2.05) is 22.7 Å². The summed E-state index contributed by atoms with van der Waals surface area (Å²) in [6.45, 7) is 2.37. The molecule has 2 nitrogen and oxygen atoms in total. The van der Waals surface area contributed by atoms with Crippen molar-refractivity contribution >= 4 is 63.0 Å². The van der Waals surface area contributed by atoms with Crippen LogP contribution in [-0.4, -0.2) is 9.97 Å². The minimum Gasteiger partial charge on any atom is -0.228 e. The summed E-state index contributed by atoms with van der Waals surface area (Å²) in [4.78, 5) is 10.9. The van der Waals surface area contributed by atoms with Crippen LogP contribution < -0.4 is 0 Å². The molecule has 1 aliphatic carbocycles. The maximum Gasteiger partial charge on any atom is 0.160 e. The number of benzene rings is 9. The topological polar surface area (TPSA) is 25.8 Å². The first-order valence-electron chi connectivity index (χ1n) is 21.8. The highest BCUT2D eigenvalue weighted by atomic mass is 32.1. The molecule has 13 rings (SSSR count). The van der Waals surface area contributed by atoms with Crippen molar-refractivity contribution in [2.75, 3.05) is 0 Å². The molecule has 0 amide bonds. The van der Waals surface area contributed by atoms with Crippen LogP contribution in [-0.2, 0) is 5.41 Å². The van der Waals surface area contributed by atoms with Gasteiger partial charge in [-0.2, -0.15) is 0 Å². The fraction of sp³-hybridized carbons (Fsp3) is 0.0333. The molecule has 1 aliphatic rings. The quantitative estimate of drug-likeness (QED) is 0.167.